The predicted octanol–water partition coefficient (Wildman–Crippen LogP) is 4.53. The summed E-state index contributed by atoms with van der Waals surface area (Å²) in [6.07, 6.45) is 0.491. The van der Waals surface area contributed by atoms with Gasteiger partial charge in [0.25, 0.3) is 0 Å². The van der Waals surface area contributed by atoms with E-state index in [9.17, 15) is 18.0 Å². The molecule has 0 unspecified atom stereocenters. The van der Waals surface area contributed by atoms with Crippen LogP contribution in [-0.2, 0) is 25.0 Å². The van der Waals surface area contributed by atoms with Gasteiger partial charge in [-0.25, -0.2) is 13.2 Å². The van der Waals surface area contributed by atoms with Gasteiger partial charge in [0, 0.05) is 24.8 Å². The first-order valence-corrected chi connectivity index (χ1v) is 13.1. The van der Waals surface area contributed by atoms with Crippen molar-refractivity contribution in [2.45, 2.75) is 75.0 Å². The van der Waals surface area contributed by atoms with Crippen LogP contribution in [0.4, 0.5) is 10.5 Å². The van der Waals surface area contributed by atoms with E-state index < -0.39 is 32.8 Å². The summed E-state index contributed by atoms with van der Waals surface area (Å²) in [7, 11) is -3.97. The molecule has 180 valence electrons. The number of sulfonamides is 1. The number of carbonyl (C=O) groups is 2. The number of para-hydroxylation sites is 1. The largest absolute Gasteiger partial charge is 0.443 e. The van der Waals surface area contributed by atoms with Gasteiger partial charge < -0.3 is 4.74 Å². The lowest BCUT2D eigenvalue weighted by molar-refractivity contribution is -0.124. The fourth-order valence-corrected chi connectivity index (χ4v) is 7.93. The first-order valence-electron chi connectivity index (χ1n) is 11.7. The molecule has 3 aliphatic rings. The van der Waals surface area contributed by atoms with E-state index >= 15 is 0 Å². The molecule has 2 atom stereocenters. The smallest absolute Gasteiger partial charge is 0.416 e. The molecule has 2 fully saturated rings. The Kier molecular flexibility index (Phi) is 5.01. The molecule has 0 N–H and O–H groups in total. The number of rotatable bonds is 2. The maximum atomic E-state index is 14.1. The number of ketones is 1. The highest BCUT2D eigenvalue weighted by Gasteiger charge is 2.73. The van der Waals surface area contributed by atoms with Gasteiger partial charge in [0.05, 0.1) is 10.6 Å². The lowest BCUT2D eigenvalue weighted by atomic mass is 9.64. The Morgan fingerprint density at radius 1 is 1.03 bits per heavy atom. The third-order valence-corrected chi connectivity index (χ3v) is 9.32. The van der Waals surface area contributed by atoms with Crippen LogP contribution in [0.5, 0.6) is 0 Å². The molecule has 1 saturated heterocycles. The first-order chi connectivity index (χ1) is 15.9. The predicted molar refractivity (Wildman–Crippen MR) is 128 cm³/mol. The molecule has 0 radical (unpaired) electrons. The summed E-state index contributed by atoms with van der Waals surface area (Å²) in [5.41, 5.74) is -0.396. The summed E-state index contributed by atoms with van der Waals surface area (Å²) in [4.78, 5) is 28.3. The van der Waals surface area contributed by atoms with Gasteiger partial charge in [0.1, 0.15) is 17.0 Å². The average Bonchev–Trinajstić information content (AvgIpc) is 3.21. The van der Waals surface area contributed by atoms with Gasteiger partial charge in [-0.2, -0.15) is 4.31 Å². The van der Waals surface area contributed by atoms with E-state index in [1.165, 1.54) is 4.31 Å². The summed E-state index contributed by atoms with van der Waals surface area (Å²) in [6.45, 7) is 7.49. The number of ether oxygens (including phenoxy) is 1. The number of hydrogen-bond acceptors (Lipinski definition) is 5. The van der Waals surface area contributed by atoms with Crippen molar-refractivity contribution in [2.75, 3.05) is 11.4 Å². The van der Waals surface area contributed by atoms with Crippen LogP contribution in [-0.4, -0.2) is 42.4 Å². The van der Waals surface area contributed by atoms with E-state index in [0.29, 0.717) is 12.1 Å². The number of carbonyl (C=O) groups excluding carboxylic acids is 2. The minimum atomic E-state index is -3.97. The molecule has 2 aromatic rings. The Balaban J connectivity index is 1.75. The van der Waals surface area contributed by atoms with Crippen LogP contribution >= 0.6 is 0 Å². The summed E-state index contributed by atoms with van der Waals surface area (Å²) in [6, 6.07) is 14.2. The second kappa shape index (κ2) is 7.39. The zero-order valence-corrected chi connectivity index (χ0v) is 20.8. The number of aryl methyl sites for hydroxylation is 1. The van der Waals surface area contributed by atoms with Crippen LogP contribution in [0, 0.1) is 6.92 Å². The molecule has 1 saturated carbocycles. The Bertz CT molecular complexity index is 1280. The topological polar surface area (TPSA) is 84.0 Å². The normalized spacial score (nSPS) is 26.7. The van der Waals surface area contributed by atoms with Crippen LogP contribution in [0.3, 0.4) is 0 Å². The number of Topliss-reactive ketones (excluding diaryl/α,β-unsaturated/α-hetero) is 1. The second-order valence-corrected chi connectivity index (χ2v) is 12.4. The van der Waals surface area contributed by atoms with Gasteiger partial charge in [-0.3, -0.25) is 9.69 Å². The lowest BCUT2D eigenvalue weighted by Crippen LogP contribution is -2.68. The van der Waals surface area contributed by atoms with Gasteiger partial charge in [-0.15, -0.1) is 0 Å². The summed E-state index contributed by atoms with van der Waals surface area (Å²) < 4.78 is 35.5. The van der Waals surface area contributed by atoms with Gasteiger partial charge in [0.15, 0.2) is 0 Å². The molecule has 8 heteroatoms. The molecule has 0 bridgehead atoms. The Hall–Kier alpha value is -2.71. The number of amides is 1. The van der Waals surface area contributed by atoms with Crippen molar-refractivity contribution in [3.63, 3.8) is 0 Å². The molecule has 2 heterocycles. The van der Waals surface area contributed by atoms with E-state index in [1.54, 1.807) is 49.9 Å². The maximum Gasteiger partial charge on any atom is 0.416 e. The van der Waals surface area contributed by atoms with Crippen LogP contribution in [0.2, 0.25) is 0 Å². The lowest BCUT2D eigenvalue weighted by Gasteiger charge is -2.51. The van der Waals surface area contributed by atoms with Crippen LogP contribution in [0.15, 0.2) is 53.4 Å². The number of anilines is 1. The minimum Gasteiger partial charge on any atom is -0.443 e. The van der Waals surface area contributed by atoms with Gasteiger partial charge in [-0.1, -0.05) is 35.9 Å². The highest BCUT2D eigenvalue weighted by atomic mass is 32.2. The Morgan fingerprint density at radius 3 is 2.38 bits per heavy atom. The molecular formula is C26H30N2O5S. The van der Waals surface area contributed by atoms with Crippen molar-refractivity contribution in [2.24, 2.45) is 0 Å². The molecule has 34 heavy (non-hydrogen) atoms. The van der Waals surface area contributed by atoms with Gasteiger partial charge in [0.2, 0.25) is 10.0 Å². The fraction of sp³-hybridized carbons (Fsp3) is 0.462. The number of fused-ring (bicyclic) bond motifs is 1. The SMILES string of the molecule is Cc1ccc(S(=O)(=O)N2CC[C@]34CC(=O)CC[C@]23N(C(=O)OC(C)(C)C)c2ccccc24)cc1. The molecule has 7 nitrogen and oxygen atoms in total. The minimum absolute atomic E-state index is 0.0889. The van der Waals surface area contributed by atoms with E-state index in [1.807, 2.05) is 31.2 Å². The van der Waals surface area contributed by atoms with E-state index in [-0.39, 0.29) is 36.5 Å². The molecule has 0 aromatic heterocycles. The standard InChI is InChI=1S/C26H30N2O5S/c1-18-9-11-20(12-10-18)34(31,32)27-16-15-25-17-19(29)13-14-26(25,27)28(23(30)33-24(2,3)4)22-8-6-5-7-21(22)25/h5-12H,13-17H2,1-4H3/t25-,26-/m1/s1. The first kappa shape index (κ1) is 23.1. The summed E-state index contributed by atoms with van der Waals surface area (Å²) in [5.74, 6) is 0.0889. The quantitative estimate of drug-likeness (QED) is 0.628. The zero-order chi connectivity index (χ0) is 24.5. The number of benzene rings is 2. The fourth-order valence-electron chi connectivity index (χ4n) is 6.12. The van der Waals surface area contributed by atoms with Crippen LogP contribution in [0.25, 0.3) is 0 Å². The highest BCUT2D eigenvalue weighted by molar-refractivity contribution is 7.89. The van der Waals surface area contributed by atoms with E-state index in [0.717, 1.165) is 11.1 Å². The summed E-state index contributed by atoms with van der Waals surface area (Å²) in [5, 5.41) is 0. The molecule has 0 spiro atoms. The van der Waals surface area contributed by atoms with Crippen molar-refractivity contribution in [1.29, 1.82) is 0 Å². The van der Waals surface area contributed by atoms with Crippen molar-refractivity contribution >= 4 is 27.6 Å². The van der Waals surface area contributed by atoms with Crippen molar-refractivity contribution in [3.05, 3.63) is 59.7 Å². The molecule has 1 amide bonds. The average molecular weight is 483 g/mol. The number of hydrogen-bond donors (Lipinski definition) is 0. The molecule has 2 aromatic carbocycles. The molecular weight excluding hydrogens is 452 g/mol. The monoisotopic (exact) mass is 482 g/mol. The van der Waals surface area contributed by atoms with E-state index in [4.69, 9.17) is 4.74 Å². The van der Waals surface area contributed by atoms with Crippen LogP contribution < -0.4 is 4.90 Å². The van der Waals surface area contributed by atoms with Gasteiger partial charge in [-0.05, 0) is 64.3 Å². The van der Waals surface area contributed by atoms with Crippen LogP contribution in [0.1, 0.15) is 57.6 Å². The number of nitrogens with zero attached hydrogens (tertiary/aromatic N) is 2. The molecule has 1 aliphatic carbocycles. The molecule has 2 aliphatic heterocycles. The Morgan fingerprint density at radius 2 is 1.71 bits per heavy atom. The zero-order valence-electron chi connectivity index (χ0n) is 20.0. The van der Waals surface area contributed by atoms with E-state index in [2.05, 4.69) is 0 Å². The van der Waals surface area contributed by atoms with Crippen molar-refractivity contribution in [1.82, 2.24) is 4.31 Å². The maximum absolute atomic E-state index is 14.1. The van der Waals surface area contributed by atoms with Crippen molar-refractivity contribution < 1.29 is 22.7 Å². The highest BCUT2D eigenvalue weighted by Crippen LogP contribution is 2.65. The summed E-state index contributed by atoms with van der Waals surface area (Å²) >= 11 is 0. The van der Waals surface area contributed by atoms with Gasteiger partial charge >= 0.3 is 6.09 Å². The Labute approximate surface area is 200 Å². The molecule has 5 rings (SSSR count). The second-order valence-electron chi connectivity index (χ2n) is 10.6. The van der Waals surface area contributed by atoms with Crippen molar-refractivity contribution in [3.8, 4) is 0 Å². The third kappa shape index (κ3) is 3.08. The third-order valence-electron chi connectivity index (χ3n) is 7.39.